The normalized spacial score (nSPS) is 15.1. The maximum atomic E-state index is 4.73. The van der Waals surface area contributed by atoms with Gasteiger partial charge in [-0.05, 0) is 0 Å². The van der Waals surface area contributed by atoms with E-state index < -0.39 is 0 Å². The average molecular weight is 446 g/mol. The van der Waals surface area contributed by atoms with Gasteiger partial charge in [0, 0.05) is 33.6 Å². The first kappa shape index (κ1) is 32.4. The largest absolute Gasteiger partial charge is 0.693 e. The number of hydrogen-bond donors (Lipinski definition) is 0. The smallest absolute Gasteiger partial charge is 0 e. The number of halogens is 2. The minimum absolute atomic E-state index is 0. The summed E-state index contributed by atoms with van der Waals surface area (Å²) in [6.45, 7) is 4.33. The summed E-state index contributed by atoms with van der Waals surface area (Å²) in [6.07, 6.45) is 4.90. The molecule has 0 atom stereocenters. The fourth-order valence-electron chi connectivity index (χ4n) is 0.865. The van der Waals surface area contributed by atoms with Gasteiger partial charge in [-0.2, -0.15) is 19.3 Å². The fourth-order valence-corrected chi connectivity index (χ4v) is 0.865. The zero-order chi connectivity index (χ0) is 11.2. The molecule has 0 amide bonds. The van der Waals surface area contributed by atoms with Gasteiger partial charge in [0.2, 0.25) is 0 Å². The summed E-state index contributed by atoms with van der Waals surface area (Å²) in [5, 5.41) is 15.8. The zero-order valence-corrected chi connectivity index (χ0v) is 14.7. The molecule has 19 heavy (non-hydrogen) atoms. The van der Waals surface area contributed by atoms with E-state index in [0.717, 1.165) is 26.3 Å². The van der Waals surface area contributed by atoms with Crippen LogP contribution in [0, 0.1) is 0 Å². The Labute approximate surface area is 151 Å². The minimum Gasteiger partial charge on any atom is -0.693 e. The quantitative estimate of drug-likeness (QED) is 0.491. The monoisotopic (exact) mass is 445 g/mol. The van der Waals surface area contributed by atoms with Gasteiger partial charge in [0.15, 0.2) is 0 Å². The van der Waals surface area contributed by atoms with E-state index >= 15 is 0 Å². The molecule has 0 aromatic rings. The number of hydrogen-bond acceptors (Lipinski definition) is 0. The van der Waals surface area contributed by atoms with Crippen LogP contribution in [0.4, 0.5) is 0 Å². The second kappa shape index (κ2) is 31.7. The van der Waals surface area contributed by atoms with Crippen molar-refractivity contribution in [1.29, 1.82) is 0 Å². The molecule has 2 aliphatic heterocycles. The second-order valence-corrected chi connectivity index (χ2v) is 4.27. The predicted octanol–water partition coefficient (Wildman–Crippen LogP) is 5.12. The Balaban J connectivity index is -0.0000000489. The molecule has 2 aliphatic rings. The van der Waals surface area contributed by atoms with Crippen molar-refractivity contribution in [3.63, 3.8) is 0 Å². The van der Waals surface area contributed by atoms with Crippen LogP contribution < -0.4 is 0 Å². The van der Waals surface area contributed by atoms with Gasteiger partial charge in [-0.25, -0.2) is 6.67 Å². The van der Waals surface area contributed by atoms with Crippen molar-refractivity contribution < 1.29 is 46.5 Å². The Kier molecular flexibility index (Phi) is 54.1. The van der Waals surface area contributed by atoms with Crippen molar-refractivity contribution in [1.82, 2.24) is 0 Å². The molecule has 0 spiro atoms. The molecule has 4 N–H and O–H groups in total. The zero-order valence-electron chi connectivity index (χ0n) is 10.1. The molecule has 0 aliphatic carbocycles. The first-order chi connectivity index (χ1) is 7.41. The molecule has 1 fully saturated rings. The second-order valence-electron chi connectivity index (χ2n) is 2.55. The van der Waals surface area contributed by atoms with E-state index in [9.17, 15) is 0 Å². The van der Waals surface area contributed by atoms with Gasteiger partial charge in [0.25, 0.3) is 0 Å². The molecule has 0 bridgehead atoms. The van der Waals surface area contributed by atoms with Crippen molar-refractivity contribution in [3.05, 3.63) is 45.8 Å². The minimum atomic E-state index is 0. The molecule has 6 nitrogen and oxygen atoms in total. The van der Waals surface area contributed by atoms with Gasteiger partial charge in [-0.1, -0.05) is 6.42 Å². The van der Waals surface area contributed by atoms with E-state index in [-0.39, 0.29) is 45.9 Å². The van der Waals surface area contributed by atoms with Gasteiger partial charge in [0.05, 0.1) is 0 Å². The summed E-state index contributed by atoms with van der Waals surface area (Å²) in [6, 6.07) is 0. The third kappa shape index (κ3) is 32.7. The molecule has 0 aromatic heterocycles. The van der Waals surface area contributed by atoms with Crippen LogP contribution in [0.25, 0.3) is 33.6 Å². The molecule has 1 saturated heterocycles. The van der Waals surface area contributed by atoms with E-state index in [4.69, 9.17) is 20.3 Å². The van der Waals surface area contributed by atoms with Crippen LogP contribution in [-0.4, -0.2) is 33.0 Å². The summed E-state index contributed by atoms with van der Waals surface area (Å²) < 4.78 is 0. The molecule has 2 radical (unpaired) electrons. The van der Waals surface area contributed by atoms with E-state index in [1.807, 2.05) is 6.08 Å². The summed E-state index contributed by atoms with van der Waals surface area (Å²) in [5.41, 5.74) is 0. The first-order valence-corrected chi connectivity index (χ1v) is 7.33. The predicted molar refractivity (Wildman–Crippen MR) is 73.8 cm³/mol. The van der Waals surface area contributed by atoms with E-state index in [2.05, 4.69) is 21.3 Å². The molecule has 2 heterocycles. The number of rotatable bonds is 0. The van der Waals surface area contributed by atoms with Gasteiger partial charge in [0.1, 0.15) is 0 Å². The van der Waals surface area contributed by atoms with Crippen LogP contribution in [0.2, 0.25) is 0 Å². The summed E-state index contributed by atoms with van der Waals surface area (Å²) >= 11 is 0.382. The van der Waals surface area contributed by atoms with Crippen molar-refractivity contribution >= 4 is 20.3 Å². The first-order valence-electron chi connectivity index (χ1n) is 4.47. The molecular formula is C8H18Cl2Co3N6-6. The van der Waals surface area contributed by atoms with Crippen LogP contribution in [-0.2, 0) is 46.5 Å². The van der Waals surface area contributed by atoms with E-state index in [1.165, 1.54) is 6.42 Å². The standard InChI is InChI=1S/C4H8N2.C4H6N2.2ClH.3Co.2H2N/c2*1-2-5-4-6-3-1;;;;;;;/h1-4H2;1-2H,3-4H2;2*1H;;;;2*1H2/q2*-2;;;;;+2;2*-1/p-2. The Bertz CT molecular complexity index is 135. The van der Waals surface area contributed by atoms with Gasteiger partial charge >= 0.3 is 33.2 Å². The van der Waals surface area contributed by atoms with Gasteiger partial charge in [-0.15, -0.1) is 12.6 Å². The Hall–Kier alpha value is 1.44. The molecule has 0 unspecified atom stereocenters. The number of nitrogens with zero attached hydrogens (tertiary/aromatic N) is 4. The van der Waals surface area contributed by atoms with Gasteiger partial charge in [-0.3, -0.25) is 6.67 Å². The molecule has 2 rings (SSSR count). The van der Waals surface area contributed by atoms with Crippen molar-refractivity contribution in [3.8, 4) is 0 Å². The van der Waals surface area contributed by atoms with Crippen LogP contribution >= 0.6 is 20.3 Å². The van der Waals surface area contributed by atoms with Crippen LogP contribution in [0.5, 0.6) is 0 Å². The van der Waals surface area contributed by atoms with E-state index in [0.29, 0.717) is 19.6 Å². The molecule has 127 valence electrons. The van der Waals surface area contributed by atoms with Crippen LogP contribution in [0.15, 0.2) is 12.3 Å². The average Bonchev–Trinajstić information content (AvgIpc) is 2.35. The SMILES string of the molecule is C1=C[N-]C[N-]C1.C1C[N-]C[N-]C1.[Cl][Co][Cl].[Co].[Co].[NH2-].[NH2-]. The third-order valence-electron chi connectivity index (χ3n) is 1.46. The summed E-state index contributed by atoms with van der Waals surface area (Å²) in [5.74, 6) is 0. The number of nitrogens with two attached hydrogens (primary N) is 2. The molecular weight excluding hydrogens is 428 g/mol. The van der Waals surface area contributed by atoms with Crippen molar-refractivity contribution in [2.45, 2.75) is 6.42 Å². The van der Waals surface area contributed by atoms with Crippen molar-refractivity contribution in [2.24, 2.45) is 0 Å². The molecule has 11 heteroatoms. The molecule has 0 saturated carbocycles. The van der Waals surface area contributed by atoms with Crippen LogP contribution in [0.1, 0.15) is 6.42 Å². The van der Waals surface area contributed by atoms with E-state index in [1.54, 1.807) is 6.20 Å². The Morgan fingerprint density at radius 2 is 1.42 bits per heavy atom. The van der Waals surface area contributed by atoms with Crippen LogP contribution in [0.3, 0.4) is 0 Å². The molecule has 0 aromatic carbocycles. The maximum Gasteiger partial charge on any atom is 0 e. The van der Waals surface area contributed by atoms with Crippen molar-refractivity contribution in [2.75, 3.05) is 33.0 Å². The topological polar surface area (TPSA) is 123 Å². The third-order valence-corrected chi connectivity index (χ3v) is 1.46. The van der Waals surface area contributed by atoms with Gasteiger partial charge < -0.3 is 33.6 Å². The Morgan fingerprint density at radius 1 is 0.895 bits per heavy atom. The Morgan fingerprint density at radius 3 is 1.53 bits per heavy atom. The maximum absolute atomic E-state index is 4.73. The fraction of sp³-hybridized carbons (Fsp3) is 0.750. The summed E-state index contributed by atoms with van der Waals surface area (Å²) in [4.78, 5) is 0. The summed E-state index contributed by atoms with van der Waals surface area (Å²) in [7, 11) is 9.47.